The molecule has 0 aromatic carbocycles. The van der Waals surface area contributed by atoms with Gasteiger partial charge in [-0.1, -0.05) is 27.7 Å². The van der Waals surface area contributed by atoms with Gasteiger partial charge in [-0.05, 0) is 6.42 Å². The zero-order chi connectivity index (χ0) is 23.5. The van der Waals surface area contributed by atoms with Crippen molar-refractivity contribution >= 4 is 48.4 Å². The topological polar surface area (TPSA) is 103 Å². The van der Waals surface area contributed by atoms with Crippen LogP contribution in [0.5, 0.6) is 0 Å². The molecule has 1 fully saturated rings. The van der Waals surface area contributed by atoms with E-state index in [4.69, 9.17) is 13.2 Å². The minimum absolute atomic E-state index is 0. The number of aliphatic hydroxyl groups excluding tert-OH is 1. The molecular weight excluding hydrogens is 540 g/mol. The number of carbonyl (C=O) groups is 1. The summed E-state index contributed by atoms with van der Waals surface area (Å²) in [6, 6.07) is 1.48. The van der Waals surface area contributed by atoms with Crippen LogP contribution in [0.15, 0.2) is 40.3 Å². The minimum atomic E-state index is -2.96. The zero-order valence-corrected chi connectivity index (χ0v) is 20.7. The molecule has 172 valence electrons. The van der Waals surface area contributed by atoms with Crippen molar-refractivity contribution in [2.24, 2.45) is 10.9 Å². The molecule has 8 nitrogen and oxygen atoms in total. The molecule has 2 atom stereocenters. The monoisotopic (exact) mass is 563 g/mol. The summed E-state index contributed by atoms with van der Waals surface area (Å²) in [4.78, 5) is 26.3. The van der Waals surface area contributed by atoms with Crippen LogP contribution < -0.4 is 34.4 Å². The third-order valence-electron chi connectivity index (χ3n) is 4.79. The van der Waals surface area contributed by atoms with E-state index >= 15 is 0 Å². The van der Waals surface area contributed by atoms with Gasteiger partial charge in [0.1, 0.15) is 23.9 Å². The average molecular weight is 563 g/mol. The first kappa shape index (κ1) is 27.3. The Morgan fingerprint density at radius 1 is 1.42 bits per heavy atom. The first-order valence-corrected chi connectivity index (χ1v) is 12.5. The number of nitrogens with one attached hydrogen (secondary N) is 2. The van der Waals surface area contributed by atoms with Crippen molar-refractivity contribution in [3.8, 4) is 0 Å². The molecule has 1 saturated carbocycles. The van der Waals surface area contributed by atoms with Crippen LogP contribution in [0, 0.1) is 19.1 Å². The van der Waals surface area contributed by atoms with Crippen LogP contribution in [0.3, 0.4) is 0 Å². The van der Waals surface area contributed by atoms with E-state index in [0.717, 1.165) is 0 Å². The van der Waals surface area contributed by atoms with Gasteiger partial charge in [0.05, 0.1) is 4.55 Å². The third-order valence-corrected chi connectivity index (χ3v) is 6.48. The standard InChI is InChI=1S/C21H23F2IN6O2.Li/c1-5-16(31)13(3)6-12(2)14(4)28-20-25-9-24-10-30(20)18-7-17(26-11-27-18)29-19(32)15-8-21(15,22)23;/h3-4,6-7,10-11,15-16,31H,5,8-9H2,1-2H3,(H,25,28)(H,26,27,29,32);/q-2;+1/b12-6-;/t15-,16?;/m1./s1. The van der Waals surface area contributed by atoms with E-state index in [0.29, 0.717) is 33.9 Å². The number of hydrogen-bond donors (Lipinski definition) is 3. The molecule has 33 heavy (non-hydrogen) atoms. The number of carbonyl (C=O) groups excluding carboxylic acids is 1. The fourth-order valence-electron chi connectivity index (χ4n) is 2.71. The summed E-state index contributed by atoms with van der Waals surface area (Å²) in [6.45, 7) is 15.6. The molecule has 3 N–H and O–H groups in total. The second kappa shape index (κ2) is 11.5. The van der Waals surface area contributed by atoms with Crippen LogP contribution in [-0.2, 0) is 4.79 Å². The van der Waals surface area contributed by atoms with Crippen molar-refractivity contribution in [2.75, 3.05) is 14.8 Å². The number of aliphatic hydroxyl groups is 1. The second-order valence-corrected chi connectivity index (χ2v) is 9.40. The van der Waals surface area contributed by atoms with Crippen LogP contribution >= 0.6 is 20.7 Å². The SMILES string of the molecule is [CH-]=C(NC1=NCI=CN1c1cc(NC(=O)[C@H]2CC2(F)F)ncn1)/C(C)=C\C(=[CH-])C(O)CC.[Li+]. The summed E-state index contributed by atoms with van der Waals surface area (Å²) in [5.41, 5.74) is 1.19. The predicted molar refractivity (Wildman–Crippen MR) is 127 cm³/mol. The van der Waals surface area contributed by atoms with E-state index in [-0.39, 0.29) is 51.1 Å². The number of nitrogens with zero attached hydrogens (tertiary/aromatic N) is 4. The molecule has 1 aliphatic carbocycles. The maximum absolute atomic E-state index is 13.1. The van der Waals surface area contributed by atoms with Gasteiger partial charge in [0, 0.05) is 22.7 Å². The van der Waals surface area contributed by atoms with E-state index in [1.54, 1.807) is 17.9 Å². The Bertz CT molecular complexity index is 1030. The van der Waals surface area contributed by atoms with Crippen LogP contribution in [0.1, 0.15) is 26.7 Å². The molecular formula is C21H23F2ILiN6O2-. The first-order valence-electron chi connectivity index (χ1n) is 9.76. The van der Waals surface area contributed by atoms with E-state index < -0.39 is 30.3 Å². The van der Waals surface area contributed by atoms with E-state index in [1.165, 1.54) is 12.4 Å². The van der Waals surface area contributed by atoms with Gasteiger partial charge in [-0.3, -0.25) is 34.5 Å². The maximum Gasteiger partial charge on any atom is 1.00 e. The van der Waals surface area contributed by atoms with Gasteiger partial charge >= 0.3 is 18.9 Å². The molecule has 2 aliphatic rings. The number of alkyl halides is 3. The van der Waals surface area contributed by atoms with Crippen molar-refractivity contribution in [3.05, 3.63) is 48.5 Å². The molecule has 1 unspecified atom stereocenters. The molecule has 0 saturated heterocycles. The van der Waals surface area contributed by atoms with Crippen LogP contribution in [0.2, 0.25) is 0 Å². The van der Waals surface area contributed by atoms with E-state index in [1.807, 2.05) is 11.1 Å². The fourth-order valence-corrected chi connectivity index (χ4v) is 4.35. The normalized spacial score (nSPS) is 19.9. The maximum atomic E-state index is 13.1. The molecule has 0 radical (unpaired) electrons. The van der Waals surface area contributed by atoms with Crippen molar-refractivity contribution in [1.29, 1.82) is 0 Å². The second-order valence-electron chi connectivity index (χ2n) is 7.28. The summed E-state index contributed by atoms with van der Waals surface area (Å²) in [5.74, 6) is -4.15. The van der Waals surface area contributed by atoms with Crippen LogP contribution in [0.4, 0.5) is 20.4 Å². The summed E-state index contributed by atoms with van der Waals surface area (Å²) in [5, 5.41) is 15.3. The molecule has 12 heteroatoms. The summed E-state index contributed by atoms with van der Waals surface area (Å²) in [6.07, 6.45) is 2.08. The van der Waals surface area contributed by atoms with Gasteiger partial charge in [-0.25, -0.2) is 29.3 Å². The summed E-state index contributed by atoms with van der Waals surface area (Å²) < 4.78 is 28.8. The van der Waals surface area contributed by atoms with Gasteiger partial charge in [0.2, 0.25) is 11.9 Å². The van der Waals surface area contributed by atoms with Crippen molar-refractivity contribution < 1.29 is 37.5 Å². The number of aliphatic imine (C=N–C) groups is 1. The quantitative estimate of drug-likeness (QED) is 0.102. The van der Waals surface area contributed by atoms with Crippen molar-refractivity contribution in [1.82, 2.24) is 15.3 Å². The molecule has 0 bridgehead atoms. The van der Waals surface area contributed by atoms with Gasteiger partial charge in [-0.2, -0.15) is 5.70 Å². The number of aromatic nitrogens is 2. The third kappa shape index (κ3) is 7.02. The van der Waals surface area contributed by atoms with Gasteiger partial charge in [0.15, 0.2) is 0 Å². The molecule has 0 spiro atoms. The van der Waals surface area contributed by atoms with Crippen LogP contribution in [-0.4, -0.2) is 47.7 Å². The Balaban J connectivity index is 0.00000385. The van der Waals surface area contributed by atoms with Crippen molar-refractivity contribution in [2.45, 2.75) is 38.7 Å². The predicted octanol–water partition coefficient (Wildman–Crippen LogP) is -0.0787. The first-order chi connectivity index (χ1) is 15.1. The molecule has 1 aromatic heterocycles. The summed E-state index contributed by atoms with van der Waals surface area (Å²) >= 11 is -0.382. The molecule has 1 aliphatic heterocycles. The van der Waals surface area contributed by atoms with Crippen molar-refractivity contribution in [3.63, 3.8) is 0 Å². The van der Waals surface area contributed by atoms with Gasteiger partial charge in [-0.15, -0.1) is 6.92 Å². The number of halogens is 3. The minimum Gasteiger partial charge on any atom is -0.392 e. The molecule has 3 rings (SSSR count). The van der Waals surface area contributed by atoms with Gasteiger partial charge < -0.3 is 15.7 Å². The Morgan fingerprint density at radius 3 is 2.76 bits per heavy atom. The number of rotatable bonds is 8. The molecule has 1 amide bonds. The number of allylic oxidation sites excluding steroid dienone is 1. The largest absolute Gasteiger partial charge is 1.00 e. The average Bonchev–Trinajstić information content (AvgIpc) is 3.41. The fraction of sp³-hybridized carbons (Fsp3) is 0.381. The number of hydrogen-bond acceptors (Lipinski definition) is 7. The Hall–Kier alpha value is -1.94. The number of anilines is 2. The zero-order valence-electron chi connectivity index (χ0n) is 18.5. The Labute approximate surface area is 213 Å². The Kier molecular flexibility index (Phi) is 9.48. The molecule has 1 aromatic rings. The molecule has 2 heterocycles. The Morgan fingerprint density at radius 2 is 2.12 bits per heavy atom. The smallest absolute Gasteiger partial charge is 0.392 e. The van der Waals surface area contributed by atoms with E-state index in [2.05, 4.69) is 25.6 Å². The number of guanidine groups is 1. The summed E-state index contributed by atoms with van der Waals surface area (Å²) in [7, 11) is 0. The number of amides is 1. The van der Waals surface area contributed by atoms with Gasteiger partial charge in [0.25, 0.3) is 5.92 Å². The van der Waals surface area contributed by atoms with Crippen LogP contribution in [0.25, 0.3) is 0 Å². The van der Waals surface area contributed by atoms with E-state index in [9.17, 15) is 18.7 Å².